The van der Waals surface area contributed by atoms with Crippen molar-refractivity contribution in [1.82, 2.24) is 25.0 Å². The number of nitrogens with zero attached hydrogens (tertiary/aromatic N) is 5. The normalized spacial score (nSPS) is 13.5. The second kappa shape index (κ2) is 7.95. The van der Waals surface area contributed by atoms with Gasteiger partial charge in [0.1, 0.15) is 17.0 Å². The van der Waals surface area contributed by atoms with E-state index >= 15 is 0 Å². The summed E-state index contributed by atoms with van der Waals surface area (Å²) < 4.78 is 27.1. The lowest BCUT2D eigenvalue weighted by atomic mass is 10.1. The molecule has 0 fully saturated rings. The Kier molecular flexibility index (Phi) is 5.61. The number of benzene rings is 1. The fourth-order valence-corrected chi connectivity index (χ4v) is 2.59. The SMILES string of the molecule is Cc1cc(Nc2nccc(C(F)F)n2)cc(-c2cn(C[C@](C)(O)CO)nn2)c1. The van der Waals surface area contributed by atoms with E-state index in [9.17, 15) is 13.9 Å². The Hall–Kier alpha value is -2.98. The van der Waals surface area contributed by atoms with Crippen molar-refractivity contribution in [2.45, 2.75) is 32.4 Å². The van der Waals surface area contributed by atoms with Gasteiger partial charge >= 0.3 is 0 Å². The van der Waals surface area contributed by atoms with Crippen LogP contribution in [0, 0.1) is 6.92 Å². The van der Waals surface area contributed by atoms with E-state index < -0.39 is 18.6 Å². The molecule has 3 N–H and O–H groups in total. The monoisotopic (exact) mass is 390 g/mol. The van der Waals surface area contributed by atoms with Crippen LogP contribution in [-0.2, 0) is 6.54 Å². The first-order chi connectivity index (χ1) is 13.3. The van der Waals surface area contributed by atoms with E-state index in [-0.39, 0.29) is 18.2 Å². The number of aromatic nitrogens is 5. The van der Waals surface area contributed by atoms with Crippen molar-refractivity contribution in [3.8, 4) is 11.3 Å². The highest BCUT2D eigenvalue weighted by Gasteiger charge is 2.21. The van der Waals surface area contributed by atoms with Gasteiger partial charge in [0.2, 0.25) is 5.95 Å². The Morgan fingerprint density at radius 3 is 2.79 bits per heavy atom. The summed E-state index contributed by atoms with van der Waals surface area (Å²) in [5, 5.41) is 30.1. The predicted octanol–water partition coefficient (Wildman–Crippen LogP) is 2.47. The van der Waals surface area contributed by atoms with Gasteiger partial charge in [-0.05, 0) is 43.7 Å². The number of aliphatic hydroxyl groups is 2. The van der Waals surface area contributed by atoms with Crippen molar-refractivity contribution in [2.24, 2.45) is 0 Å². The van der Waals surface area contributed by atoms with E-state index in [1.807, 2.05) is 19.1 Å². The van der Waals surface area contributed by atoms with Gasteiger partial charge in [0.05, 0.1) is 19.3 Å². The third-order valence-electron chi connectivity index (χ3n) is 3.91. The number of anilines is 2. The summed E-state index contributed by atoms with van der Waals surface area (Å²) in [6, 6.07) is 6.64. The molecule has 1 aromatic carbocycles. The van der Waals surface area contributed by atoms with Gasteiger partial charge in [0.15, 0.2) is 0 Å². The maximum atomic E-state index is 12.8. The molecule has 0 saturated heterocycles. The molecule has 3 aromatic rings. The van der Waals surface area contributed by atoms with Crippen LogP contribution in [0.3, 0.4) is 0 Å². The van der Waals surface area contributed by atoms with Gasteiger partial charge in [-0.15, -0.1) is 5.10 Å². The predicted molar refractivity (Wildman–Crippen MR) is 98.2 cm³/mol. The fraction of sp³-hybridized carbons (Fsp3) is 0.333. The number of alkyl halides is 2. The molecule has 0 bridgehead atoms. The third kappa shape index (κ3) is 4.84. The van der Waals surface area contributed by atoms with E-state index in [0.717, 1.165) is 17.2 Å². The van der Waals surface area contributed by atoms with Crippen molar-refractivity contribution in [3.05, 3.63) is 47.9 Å². The maximum Gasteiger partial charge on any atom is 0.280 e. The van der Waals surface area contributed by atoms with E-state index in [1.54, 1.807) is 12.3 Å². The van der Waals surface area contributed by atoms with Crippen molar-refractivity contribution in [3.63, 3.8) is 0 Å². The van der Waals surface area contributed by atoms with Crippen molar-refractivity contribution in [2.75, 3.05) is 11.9 Å². The summed E-state index contributed by atoms with van der Waals surface area (Å²) in [7, 11) is 0. The van der Waals surface area contributed by atoms with Crippen LogP contribution >= 0.6 is 0 Å². The molecular formula is C18H20F2N6O2. The van der Waals surface area contributed by atoms with Crippen LogP contribution in [0.5, 0.6) is 0 Å². The number of rotatable bonds is 7. The quantitative estimate of drug-likeness (QED) is 0.569. The second-order valence-electron chi connectivity index (χ2n) is 6.77. The molecule has 0 aliphatic rings. The molecular weight excluding hydrogens is 370 g/mol. The highest BCUT2D eigenvalue weighted by Crippen LogP contribution is 2.25. The lowest BCUT2D eigenvalue weighted by Gasteiger charge is -2.19. The molecule has 10 heteroatoms. The van der Waals surface area contributed by atoms with E-state index in [2.05, 4.69) is 25.6 Å². The largest absolute Gasteiger partial charge is 0.393 e. The lowest BCUT2D eigenvalue weighted by Crippen LogP contribution is -2.34. The van der Waals surface area contributed by atoms with E-state index in [4.69, 9.17) is 5.11 Å². The summed E-state index contributed by atoms with van der Waals surface area (Å²) in [5.74, 6) is 0.0667. The van der Waals surface area contributed by atoms with E-state index in [0.29, 0.717) is 11.4 Å². The average Bonchev–Trinajstić information content (AvgIpc) is 3.09. The van der Waals surface area contributed by atoms with Gasteiger partial charge in [0.25, 0.3) is 6.43 Å². The zero-order valence-corrected chi connectivity index (χ0v) is 15.3. The van der Waals surface area contributed by atoms with Gasteiger partial charge in [-0.2, -0.15) is 0 Å². The number of hydrogen-bond acceptors (Lipinski definition) is 7. The molecule has 2 heterocycles. The summed E-state index contributed by atoms with van der Waals surface area (Å²) >= 11 is 0. The Balaban J connectivity index is 1.84. The number of nitrogens with one attached hydrogen (secondary N) is 1. The minimum absolute atomic E-state index is 0.0667. The number of aliphatic hydroxyl groups excluding tert-OH is 1. The van der Waals surface area contributed by atoms with Gasteiger partial charge in [-0.25, -0.2) is 23.4 Å². The number of hydrogen-bond donors (Lipinski definition) is 3. The zero-order valence-electron chi connectivity index (χ0n) is 15.3. The first-order valence-electron chi connectivity index (χ1n) is 8.49. The lowest BCUT2D eigenvalue weighted by molar-refractivity contribution is -0.0149. The molecule has 0 saturated carbocycles. The maximum absolute atomic E-state index is 12.8. The summed E-state index contributed by atoms with van der Waals surface area (Å²) in [6.45, 7) is 3.06. The van der Waals surface area contributed by atoms with Crippen LogP contribution in [0.1, 0.15) is 24.6 Å². The van der Waals surface area contributed by atoms with Crippen LogP contribution in [-0.4, -0.2) is 47.4 Å². The molecule has 8 nitrogen and oxygen atoms in total. The van der Waals surface area contributed by atoms with Crippen molar-refractivity contribution < 1.29 is 19.0 Å². The second-order valence-corrected chi connectivity index (χ2v) is 6.77. The average molecular weight is 390 g/mol. The van der Waals surface area contributed by atoms with Crippen LogP contribution in [0.2, 0.25) is 0 Å². The van der Waals surface area contributed by atoms with Crippen molar-refractivity contribution >= 4 is 11.6 Å². The highest BCUT2D eigenvalue weighted by atomic mass is 19.3. The molecule has 1 atom stereocenters. The standard InChI is InChI=1S/C18H20F2N6O2/c1-11-5-12(15-8-26(25-24-15)9-18(2,28)10-27)7-13(6-11)22-17-21-4-3-14(23-17)16(19)20/h3-8,16,27-28H,9-10H2,1-2H3,(H,21,22,23)/t18-/m0/s1. The number of halogens is 2. The molecule has 3 rings (SSSR count). The Morgan fingerprint density at radius 2 is 2.07 bits per heavy atom. The molecule has 0 aliphatic carbocycles. The first-order valence-corrected chi connectivity index (χ1v) is 8.49. The third-order valence-corrected chi connectivity index (χ3v) is 3.91. The van der Waals surface area contributed by atoms with Crippen LogP contribution in [0.15, 0.2) is 36.7 Å². The van der Waals surface area contributed by atoms with E-state index in [1.165, 1.54) is 17.8 Å². The minimum atomic E-state index is -2.68. The number of aryl methyl sites for hydroxylation is 1. The smallest absolute Gasteiger partial charge is 0.280 e. The molecule has 0 amide bonds. The first kappa shape index (κ1) is 19.8. The fourth-order valence-electron chi connectivity index (χ4n) is 2.59. The van der Waals surface area contributed by atoms with Crippen LogP contribution in [0.25, 0.3) is 11.3 Å². The van der Waals surface area contributed by atoms with Gasteiger partial charge in [-0.3, -0.25) is 0 Å². The highest BCUT2D eigenvalue weighted by molar-refractivity contribution is 5.68. The molecule has 2 aromatic heterocycles. The van der Waals surface area contributed by atoms with Gasteiger partial charge in [-0.1, -0.05) is 5.21 Å². The molecule has 0 aliphatic heterocycles. The summed E-state index contributed by atoms with van der Waals surface area (Å²) in [4.78, 5) is 7.76. The van der Waals surface area contributed by atoms with Gasteiger partial charge < -0.3 is 15.5 Å². The molecule has 0 spiro atoms. The Bertz CT molecular complexity index is 961. The van der Waals surface area contributed by atoms with Gasteiger partial charge in [0, 0.05) is 17.4 Å². The molecule has 148 valence electrons. The summed E-state index contributed by atoms with van der Waals surface area (Å²) in [6.07, 6.45) is 0.241. The van der Waals surface area contributed by atoms with Crippen molar-refractivity contribution in [1.29, 1.82) is 0 Å². The Morgan fingerprint density at radius 1 is 1.29 bits per heavy atom. The topological polar surface area (TPSA) is 109 Å². The molecule has 0 unspecified atom stereocenters. The summed E-state index contributed by atoms with van der Waals surface area (Å²) in [5.41, 5.74) is 1.15. The Labute approximate surface area is 159 Å². The van der Waals surface area contributed by atoms with Crippen LogP contribution in [0.4, 0.5) is 20.4 Å². The zero-order chi connectivity index (χ0) is 20.3. The molecule has 28 heavy (non-hydrogen) atoms. The minimum Gasteiger partial charge on any atom is -0.393 e. The molecule has 0 radical (unpaired) electrons. The van der Waals surface area contributed by atoms with Crippen LogP contribution < -0.4 is 5.32 Å².